The molecule has 1 aliphatic heterocycles. The molecule has 6 heteroatoms. The first-order valence-electron chi connectivity index (χ1n) is 9.80. The summed E-state index contributed by atoms with van der Waals surface area (Å²) < 4.78 is 0.238. The highest BCUT2D eigenvalue weighted by Gasteiger charge is 2.60. The van der Waals surface area contributed by atoms with Crippen molar-refractivity contribution in [3.05, 3.63) is 23.4 Å². The molecule has 2 heterocycles. The van der Waals surface area contributed by atoms with Crippen LogP contribution in [0.15, 0.2) is 18.3 Å². The van der Waals surface area contributed by atoms with Gasteiger partial charge in [0, 0.05) is 36.7 Å². The van der Waals surface area contributed by atoms with Crippen LogP contribution in [0.1, 0.15) is 38.5 Å². The van der Waals surface area contributed by atoms with E-state index in [4.69, 9.17) is 11.6 Å². The molecule has 6 rings (SSSR count). The number of carbonyl (C=O) groups is 1. The predicted molar refractivity (Wildman–Crippen MR) is 107 cm³/mol. The molecule has 1 amide bonds. The molecule has 0 radical (unpaired) electrons. The number of anilines is 1. The Morgan fingerprint density at radius 3 is 2.38 bits per heavy atom. The number of piperazine rings is 1. The third-order valence-electron chi connectivity index (χ3n) is 7.05. The Labute approximate surface area is 168 Å². The van der Waals surface area contributed by atoms with Crippen LogP contribution in [0.4, 0.5) is 5.82 Å². The maximum Gasteiger partial charge on any atom is 0.228 e. The van der Waals surface area contributed by atoms with E-state index in [2.05, 4.69) is 30.7 Å². The second kappa shape index (κ2) is 6.10. The molecule has 5 fully saturated rings. The zero-order valence-corrected chi connectivity index (χ0v) is 17.3. The van der Waals surface area contributed by atoms with E-state index < -0.39 is 0 Å². The fourth-order valence-electron chi connectivity index (χ4n) is 6.43. The van der Waals surface area contributed by atoms with Gasteiger partial charge in [-0.3, -0.25) is 4.79 Å². The lowest BCUT2D eigenvalue weighted by Crippen LogP contribution is -2.61. The summed E-state index contributed by atoms with van der Waals surface area (Å²) in [5, 5.41) is 0.660. The van der Waals surface area contributed by atoms with Gasteiger partial charge in [0.25, 0.3) is 0 Å². The summed E-state index contributed by atoms with van der Waals surface area (Å²) in [6, 6.07) is 3.85. The van der Waals surface area contributed by atoms with Crippen molar-refractivity contribution in [2.45, 2.75) is 42.8 Å². The summed E-state index contributed by atoms with van der Waals surface area (Å²) in [6.07, 6.45) is 8.87. The topological polar surface area (TPSA) is 36.4 Å². The molecule has 2 atom stereocenters. The molecule has 1 saturated heterocycles. The second-order valence-corrected chi connectivity index (χ2v) is 11.1. The van der Waals surface area contributed by atoms with Crippen LogP contribution in [-0.2, 0) is 4.79 Å². The van der Waals surface area contributed by atoms with Gasteiger partial charge in [-0.05, 0) is 62.5 Å². The maximum absolute atomic E-state index is 13.5. The molecule has 0 spiro atoms. The molecule has 140 valence electrons. The van der Waals surface area contributed by atoms with Crippen molar-refractivity contribution in [1.29, 1.82) is 0 Å². The lowest BCUT2D eigenvalue weighted by Gasteiger charge is -2.60. The number of rotatable bonds is 2. The molecule has 26 heavy (non-hydrogen) atoms. The van der Waals surface area contributed by atoms with Gasteiger partial charge in [0.05, 0.1) is 10.4 Å². The first-order chi connectivity index (χ1) is 12.4. The number of pyridine rings is 1. The number of carbonyl (C=O) groups excluding carboxylic acids is 1. The van der Waals surface area contributed by atoms with Crippen LogP contribution in [0.2, 0.25) is 5.02 Å². The van der Waals surface area contributed by atoms with Crippen LogP contribution in [0.25, 0.3) is 0 Å². The van der Waals surface area contributed by atoms with Crippen molar-refractivity contribution in [3.8, 4) is 0 Å². The van der Waals surface area contributed by atoms with E-state index in [1.165, 1.54) is 19.3 Å². The Kier molecular flexibility index (Phi) is 4.06. The number of aromatic nitrogens is 1. The number of hydrogen-bond donors (Lipinski definition) is 0. The largest absolute Gasteiger partial charge is 0.353 e. The standard InChI is InChI=1S/C20H25BrClN3O/c21-20-10-14-7-15(11-20)9-19(8-14,13-20)18(26)25-5-3-24(4-6-25)17-2-1-16(22)12-23-17/h1-2,12,14-15H,3-11,13H2. The first kappa shape index (κ1) is 17.3. The molecule has 5 aliphatic rings. The van der Waals surface area contributed by atoms with Crippen LogP contribution in [0, 0.1) is 17.3 Å². The van der Waals surface area contributed by atoms with Gasteiger partial charge >= 0.3 is 0 Å². The molecule has 4 nitrogen and oxygen atoms in total. The van der Waals surface area contributed by atoms with Gasteiger partial charge in [0.15, 0.2) is 0 Å². The van der Waals surface area contributed by atoms with Crippen LogP contribution in [-0.4, -0.2) is 46.3 Å². The van der Waals surface area contributed by atoms with Crippen molar-refractivity contribution in [1.82, 2.24) is 9.88 Å². The van der Waals surface area contributed by atoms with Gasteiger partial charge in [-0.25, -0.2) is 4.98 Å². The monoisotopic (exact) mass is 437 g/mol. The Morgan fingerprint density at radius 1 is 1.12 bits per heavy atom. The van der Waals surface area contributed by atoms with E-state index in [1.54, 1.807) is 6.20 Å². The lowest BCUT2D eigenvalue weighted by molar-refractivity contribution is -0.155. The van der Waals surface area contributed by atoms with Crippen molar-refractivity contribution in [2.24, 2.45) is 17.3 Å². The molecule has 1 aromatic rings. The third kappa shape index (κ3) is 2.86. The van der Waals surface area contributed by atoms with Gasteiger partial charge in [-0.1, -0.05) is 27.5 Å². The molecule has 1 aromatic heterocycles. The highest BCUT2D eigenvalue weighted by molar-refractivity contribution is 9.10. The summed E-state index contributed by atoms with van der Waals surface area (Å²) in [4.78, 5) is 22.3. The normalized spacial score (nSPS) is 38.7. The SMILES string of the molecule is O=C(N1CCN(c2ccc(Cl)cn2)CC1)C12CC3CC(CC(Br)(C3)C1)C2. The van der Waals surface area contributed by atoms with Crippen LogP contribution >= 0.6 is 27.5 Å². The van der Waals surface area contributed by atoms with E-state index in [9.17, 15) is 4.79 Å². The Hall–Kier alpha value is -0.810. The zero-order valence-electron chi connectivity index (χ0n) is 15.0. The van der Waals surface area contributed by atoms with Gasteiger partial charge < -0.3 is 9.80 Å². The van der Waals surface area contributed by atoms with E-state index >= 15 is 0 Å². The van der Waals surface area contributed by atoms with Gasteiger partial charge in [-0.15, -0.1) is 0 Å². The molecule has 0 aromatic carbocycles. The summed E-state index contributed by atoms with van der Waals surface area (Å²) >= 11 is 9.97. The maximum atomic E-state index is 13.5. The minimum Gasteiger partial charge on any atom is -0.353 e. The average molecular weight is 439 g/mol. The van der Waals surface area contributed by atoms with E-state index in [-0.39, 0.29) is 9.74 Å². The lowest BCUT2D eigenvalue weighted by atomic mass is 9.49. The number of halogens is 2. The molecular formula is C20H25BrClN3O. The fourth-order valence-corrected chi connectivity index (χ4v) is 7.99. The van der Waals surface area contributed by atoms with Crippen molar-refractivity contribution < 1.29 is 4.79 Å². The van der Waals surface area contributed by atoms with Crippen molar-refractivity contribution in [3.63, 3.8) is 0 Å². The van der Waals surface area contributed by atoms with Crippen LogP contribution in [0.3, 0.4) is 0 Å². The van der Waals surface area contributed by atoms with Gasteiger partial charge in [0.2, 0.25) is 5.91 Å². The second-order valence-electron chi connectivity index (χ2n) is 9.01. The summed E-state index contributed by atoms with van der Waals surface area (Å²) in [5.74, 6) is 2.88. The van der Waals surface area contributed by atoms with Crippen LogP contribution < -0.4 is 4.90 Å². The van der Waals surface area contributed by atoms with E-state index in [0.29, 0.717) is 10.9 Å². The quantitative estimate of drug-likeness (QED) is 0.652. The molecule has 2 unspecified atom stereocenters. The minimum atomic E-state index is -0.0890. The average Bonchev–Trinajstić information content (AvgIpc) is 2.60. The molecule has 4 aliphatic carbocycles. The molecule has 4 saturated carbocycles. The highest BCUT2D eigenvalue weighted by Crippen LogP contribution is 2.64. The van der Waals surface area contributed by atoms with Crippen LogP contribution in [0.5, 0.6) is 0 Å². The number of amides is 1. The number of alkyl halides is 1. The van der Waals surface area contributed by atoms with Crippen molar-refractivity contribution >= 4 is 39.3 Å². The predicted octanol–water partition coefficient (Wildman–Crippen LogP) is 4.12. The number of nitrogens with zero attached hydrogens (tertiary/aromatic N) is 3. The first-order valence-corrected chi connectivity index (χ1v) is 11.0. The summed E-state index contributed by atoms with van der Waals surface area (Å²) in [5.41, 5.74) is -0.0890. The minimum absolute atomic E-state index is 0.0890. The fraction of sp³-hybridized carbons (Fsp3) is 0.700. The summed E-state index contributed by atoms with van der Waals surface area (Å²) in [7, 11) is 0. The highest BCUT2D eigenvalue weighted by atomic mass is 79.9. The smallest absolute Gasteiger partial charge is 0.228 e. The van der Waals surface area contributed by atoms with Gasteiger partial charge in [-0.2, -0.15) is 0 Å². The van der Waals surface area contributed by atoms with Gasteiger partial charge in [0.1, 0.15) is 5.82 Å². The zero-order chi connectivity index (χ0) is 17.9. The summed E-state index contributed by atoms with van der Waals surface area (Å²) in [6.45, 7) is 3.30. The third-order valence-corrected chi connectivity index (χ3v) is 8.20. The number of hydrogen-bond acceptors (Lipinski definition) is 3. The Bertz CT molecular complexity index is 702. The molecular weight excluding hydrogens is 414 g/mol. The van der Waals surface area contributed by atoms with E-state index in [0.717, 1.165) is 63.1 Å². The molecule has 0 N–H and O–H groups in total. The van der Waals surface area contributed by atoms with E-state index in [1.807, 2.05) is 12.1 Å². The Balaban J connectivity index is 1.28. The van der Waals surface area contributed by atoms with Crippen molar-refractivity contribution in [2.75, 3.05) is 31.1 Å². The molecule has 4 bridgehead atoms. The Morgan fingerprint density at radius 2 is 1.81 bits per heavy atom.